The molecular weight excluding hydrogens is 353 g/mol. The number of hydrogen-bond donors (Lipinski definition) is 0. The molecule has 0 aliphatic carbocycles. The van der Waals surface area contributed by atoms with E-state index >= 15 is 0 Å². The summed E-state index contributed by atoms with van der Waals surface area (Å²) >= 11 is 0. The summed E-state index contributed by atoms with van der Waals surface area (Å²) in [5, 5.41) is 0. The van der Waals surface area contributed by atoms with E-state index in [9.17, 15) is 14.0 Å². The third-order valence-corrected chi connectivity index (χ3v) is 5.50. The molecule has 1 aromatic rings. The van der Waals surface area contributed by atoms with Crippen molar-refractivity contribution in [3.05, 3.63) is 29.6 Å². The average molecular weight is 379 g/mol. The highest BCUT2D eigenvalue weighted by molar-refractivity contribution is 5.89. The summed E-state index contributed by atoms with van der Waals surface area (Å²) in [6.07, 6.45) is -0.899. The van der Waals surface area contributed by atoms with Crippen LogP contribution in [0.5, 0.6) is 0 Å². The number of halogens is 1. The fourth-order valence-electron chi connectivity index (χ4n) is 3.09. The molecule has 27 heavy (non-hydrogen) atoms. The number of carbonyl (C=O) groups excluding carboxylic acids is 2. The molecule has 1 atom stereocenters. The first kappa shape index (κ1) is 19.8. The van der Waals surface area contributed by atoms with Crippen LogP contribution in [0.15, 0.2) is 18.2 Å². The van der Waals surface area contributed by atoms with Crippen molar-refractivity contribution in [1.82, 2.24) is 0 Å². The number of hydrogen-bond acceptors (Lipinski definition) is 5. The Morgan fingerprint density at radius 2 is 1.85 bits per heavy atom. The Morgan fingerprint density at radius 3 is 2.41 bits per heavy atom. The van der Waals surface area contributed by atoms with Crippen LogP contribution in [0.2, 0.25) is 0 Å². The van der Waals surface area contributed by atoms with Gasteiger partial charge in [0.2, 0.25) is 0 Å². The van der Waals surface area contributed by atoms with Gasteiger partial charge >= 0.3 is 6.09 Å². The number of ether oxygens (including phenoxy) is 3. The zero-order valence-corrected chi connectivity index (χ0v) is 16.4. The van der Waals surface area contributed by atoms with Gasteiger partial charge in [0.05, 0.1) is 23.4 Å². The van der Waals surface area contributed by atoms with Gasteiger partial charge in [-0.15, -0.1) is 0 Å². The maximum atomic E-state index is 14.8. The Labute approximate surface area is 158 Å². The minimum atomic E-state index is -0.808. The molecule has 0 N–H and O–H groups in total. The van der Waals surface area contributed by atoms with E-state index in [1.54, 1.807) is 12.1 Å². The first-order chi connectivity index (χ1) is 12.5. The number of carbonyl (C=O) groups is 2. The smallest absolute Gasteiger partial charge is 0.414 e. The van der Waals surface area contributed by atoms with E-state index in [1.165, 1.54) is 17.9 Å². The molecule has 0 aromatic heterocycles. The maximum absolute atomic E-state index is 14.8. The first-order valence-electron chi connectivity index (χ1n) is 9.13. The SMILES string of the molecule is CC(=O)CC[C@H]1CN(c2ccc(C3OC(C)(C)C(C)(C)O3)c(F)c2)C(=O)O1. The van der Waals surface area contributed by atoms with Crippen molar-refractivity contribution in [3.63, 3.8) is 0 Å². The number of cyclic esters (lactones) is 1. The molecule has 148 valence electrons. The molecule has 2 saturated heterocycles. The molecule has 3 rings (SSSR count). The zero-order chi connectivity index (χ0) is 20.0. The largest absolute Gasteiger partial charge is 0.444 e. The predicted octanol–water partition coefficient (Wildman–Crippen LogP) is 4.12. The quantitative estimate of drug-likeness (QED) is 0.770. The summed E-state index contributed by atoms with van der Waals surface area (Å²) in [5.41, 5.74) is -0.432. The normalized spacial score (nSPS) is 24.3. The van der Waals surface area contributed by atoms with Crippen molar-refractivity contribution >= 4 is 17.6 Å². The summed E-state index contributed by atoms with van der Waals surface area (Å²) in [6, 6.07) is 4.51. The van der Waals surface area contributed by atoms with Crippen molar-refractivity contribution in [2.24, 2.45) is 0 Å². The van der Waals surface area contributed by atoms with Crippen molar-refractivity contribution in [2.45, 2.75) is 71.1 Å². The van der Waals surface area contributed by atoms with Crippen molar-refractivity contribution < 1.29 is 28.2 Å². The second-order valence-electron chi connectivity index (χ2n) is 8.15. The topological polar surface area (TPSA) is 65.1 Å². The van der Waals surface area contributed by atoms with E-state index in [1.807, 2.05) is 27.7 Å². The summed E-state index contributed by atoms with van der Waals surface area (Å²) in [6.45, 7) is 9.41. The Hall–Kier alpha value is -1.99. The first-order valence-corrected chi connectivity index (χ1v) is 9.13. The van der Waals surface area contributed by atoms with Crippen LogP contribution >= 0.6 is 0 Å². The number of Topliss-reactive ketones (excluding diaryl/α,β-unsaturated/α-hetero) is 1. The molecule has 0 saturated carbocycles. The van der Waals surface area contributed by atoms with Crippen LogP contribution in [0.3, 0.4) is 0 Å². The van der Waals surface area contributed by atoms with E-state index in [2.05, 4.69) is 0 Å². The van der Waals surface area contributed by atoms with Gasteiger partial charge in [-0.2, -0.15) is 0 Å². The highest BCUT2D eigenvalue weighted by Crippen LogP contribution is 2.45. The molecule has 2 aliphatic heterocycles. The zero-order valence-electron chi connectivity index (χ0n) is 16.4. The van der Waals surface area contributed by atoms with Crippen LogP contribution in [-0.4, -0.2) is 35.7 Å². The van der Waals surface area contributed by atoms with Gasteiger partial charge in [-0.3, -0.25) is 4.90 Å². The van der Waals surface area contributed by atoms with Crippen LogP contribution in [0.1, 0.15) is 59.3 Å². The van der Waals surface area contributed by atoms with E-state index in [4.69, 9.17) is 14.2 Å². The standard InChI is InChI=1S/C20H26FNO5/c1-12(23)6-8-14-11-22(18(24)25-14)13-7-9-15(16(21)10-13)17-26-19(2,3)20(4,5)27-17/h7,9-10,14,17H,6,8,11H2,1-5H3/t14-/m0/s1. The Bertz CT molecular complexity index is 745. The molecule has 2 heterocycles. The number of anilines is 1. The lowest BCUT2D eigenvalue weighted by molar-refractivity contribution is -0.117. The fourth-order valence-corrected chi connectivity index (χ4v) is 3.09. The molecule has 0 bridgehead atoms. The molecule has 6 nitrogen and oxygen atoms in total. The van der Waals surface area contributed by atoms with Gasteiger partial charge in [0, 0.05) is 12.0 Å². The lowest BCUT2D eigenvalue weighted by Gasteiger charge is -2.30. The van der Waals surface area contributed by atoms with Crippen molar-refractivity contribution in [3.8, 4) is 0 Å². The minimum absolute atomic E-state index is 0.0438. The summed E-state index contributed by atoms with van der Waals surface area (Å²) in [7, 11) is 0. The Balaban J connectivity index is 1.74. The van der Waals surface area contributed by atoms with Crippen LogP contribution in [-0.2, 0) is 19.0 Å². The highest BCUT2D eigenvalue weighted by atomic mass is 19.1. The number of rotatable bonds is 5. The van der Waals surface area contributed by atoms with Crippen molar-refractivity contribution in [1.29, 1.82) is 0 Å². The van der Waals surface area contributed by atoms with E-state index in [-0.39, 0.29) is 17.5 Å². The predicted molar refractivity (Wildman–Crippen MR) is 97.0 cm³/mol. The maximum Gasteiger partial charge on any atom is 0.414 e. The minimum Gasteiger partial charge on any atom is -0.444 e. The van der Waals surface area contributed by atoms with Gasteiger partial charge in [0.25, 0.3) is 0 Å². The number of nitrogens with zero attached hydrogens (tertiary/aromatic N) is 1. The van der Waals surface area contributed by atoms with Gasteiger partial charge < -0.3 is 19.0 Å². The molecule has 7 heteroatoms. The number of ketones is 1. The van der Waals surface area contributed by atoms with Crippen LogP contribution in [0, 0.1) is 5.82 Å². The van der Waals surface area contributed by atoms with Gasteiger partial charge in [-0.1, -0.05) is 0 Å². The van der Waals surface area contributed by atoms with Gasteiger partial charge in [-0.25, -0.2) is 9.18 Å². The van der Waals surface area contributed by atoms with Crippen LogP contribution in [0.4, 0.5) is 14.9 Å². The molecule has 0 unspecified atom stereocenters. The summed E-state index contributed by atoms with van der Waals surface area (Å²) < 4.78 is 31.8. The third kappa shape index (κ3) is 3.84. The lowest BCUT2D eigenvalue weighted by Crippen LogP contribution is -2.41. The molecule has 2 aliphatic rings. The molecule has 0 spiro atoms. The Morgan fingerprint density at radius 1 is 1.22 bits per heavy atom. The number of benzene rings is 1. The lowest BCUT2D eigenvalue weighted by atomic mass is 9.90. The highest BCUT2D eigenvalue weighted by Gasteiger charge is 2.50. The van der Waals surface area contributed by atoms with Gasteiger partial charge in [0.15, 0.2) is 6.29 Å². The number of amides is 1. The van der Waals surface area contributed by atoms with Gasteiger partial charge in [-0.05, 0) is 59.2 Å². The average Bonchev–Trinajstić information content (AvgIpc) is 3.01. The van der Waals surface area contributed by atoms with Crippen LogP contribution < -0.4 is 4.90 Å². The summed E-state index contributed by atoms with van der Waals surface area (Å²) in [4.78, 5) is 24.6. The molecule has 2 fully saturated rings. The van der Waals surface area contributed by atoms with E-state index < -0.39 is 29.4 Å². The summed E-state index contributed by atoms with van der Waals surface area (Å²) in [5.74, 6) is -0.465. The third-order valence-electron chi connectivity index (χ3n) is 5.50. The second kappa shape index (κ2) is 6.87. The molecule has 0 radical (unpaired) electrons. The molecule has 1 amide bonds. The Kier molecular flexibility index (Phi) is 5.03. The molecular formula is C20H26FNO5. The van der Waals surface area contributed by atoms with E-state index in [0.29, 0.717) is 25.1 Å². The second-order valence-corrected chi connectivity index (χ2v) is 8.15. The van der Waals surface area contributed by atoms with Gasteiger partial charge in [0.1, 0.15) is 17.7 Å². The van der Waals surface area contributed by atoms with Crippen LogP contribution in [0.25, 0.3) is 0 Å². The fraction of sp³-hybridized carbons (Fsp3) is 0.600. The van der Waals surface area contributed by atoms with Crippen molar-refractivity contribution in [2.75, 3.05) is 11.4 Å². The van der Waals surface area contributed by atoms with E-state index in [0.717, 1.165) is 0 Å². The monoisotopic (exact) mass is 379 g/mol. The molecule has 1 aromatic carbocycles.